The molecule has 2 heterocycles. The summed E-state index contributed by atoms with van der Waals surface area (Å²) < 4.78 is 5.54. The SMILES string of the molecule is COc1ccccc1CN1CCCC(C(NC(=O)C2CCCC2)c2nccs2)C1. The number of ether oxygens (including phenoxy) is 1. The minimum Gasteiger partial charge on any atom is -0.496 e. The average molecular weight is 414 g/mol. The molecule has 0 spiro atoms. The third-order valence-electron chi connectivity index (χ3n) is 6.34. The number of aromatic nitrogens is 1. The van der Waals surface area contributed by atoms with Gasteiger partial charge in [-0.25, -0.2) is 4.98 Å². The Kier molecular flexibility index (Phi) is 6.82. The van der Waals surface area contributed by atoms with Gasteiger partial charge in [0.2, 0.25) is 5.91 Å². The smallest absolute Gasteiger partial charge is 0.223 e. The summed E-state index contributed by atoms with van der Waals surface area (Å²) in [6.45, 7) is 2.92. The zero-order chi connectivity index (χ0) is 20.1. The number of piperidine rings is 1. The van der Waals surface area contributed by atoms with E-state index in [0.29, 0.717) is 5.92 Å². The number of thiazole rings is 1. The Bertz CT molecular complexity index is 789. The summed E-state index contributed by atoms with van der Waals surface area (Å²) in [5, 5.41) is 6.45. The van der Waals surface area contributed by atoms with Crippen LogP contribution in [-0.4, -0.2) is 36.0 Å². The van der Waals surface area contributed by atoms with Gasteiger partial charge in [-0.15, -0.1) is 11.3 Å². The molecule has 1 aliphatic heterocycles. The highest BCUT2D eigenvalue weighted by Crippen LogP contribution is 2.34. The van der Waals surface area contributed by atoms with Gasteiger partial charge < -0.3 is 10.1 Å². The van der Waals surface area contributed by atoms with E-state index in [1.807, 2.05) is 23.7 Å². The topological polar surface area (TPSA) is 54.5 Å². The van der Waals surface area contributed by atoms with Crippen LogP contribution in [0.2, 0.25) is 0 Å². The number of carbonyl (C=O) groups excluding carboxylic acids is 1. The molecule has 2 aliphatic rings. The van der Waals surface area contributed by atoms with Crippen molar-refractivity contribution in [1.29, 1.82) is 0 Å². The second kappa shape index (κ2) is 9.72. The number of nitrogens with zero attached hydrogens (tertiary/aromatic N) is 2. The Morgan fingerprint density at radius 3 is 2.86 bits per heavy atom. The third-order valence-corrected chi connectivity index (χ3v) is 7.20. The molecule has 1 N–H and O–H groups in total. The van der Waals surface area contributed by atoms with Crippen molar-refractivity contribution in [3.8, 4) is 5.75 Å². The zero-order valence-corrected chi connectivity index (χ0v) is 18.0. The summed E-state index contributed by atoms with van der Waals surface area (Å²) in [4.78, 5) is 20.0. The molecule has 0 radical (unpaired) electrons. The van der Waals surface area contributed by atoms with Gasteiger partial charge in [-0.3, -0.25) is 9.69 Å². The van der Waals surface area contributed by atoms with E-state index in [1.54, 1.807) is 18.4 Å². The molecule has 1 amide bonds. The Balaban J connectivity index is 1.46. The van der Waals surface area contributed by atoms with E-state index < -0.39 is 0 Å². The fourth-order valence-electron chi connectivity index (χ4n) is 4.81. The molecule has 2 unspecified atom stereocenters. The number of hydrogen-bond acceptors (Lipinski definition) is 5. The molecule has 6 heteroatoms. The second-order valence-electron chi connectivity index (χ2n) is 8.29. The van der Waals surface area contributed by atoms with Crippen LogP contribution in [-0.2, 0) is 11.3 Å². The Hall–Kier alpha value is -1.92. The second-order valence-corrected chi connectivity index (χ2v) is 9.21. The normalized spacial score (nSPS) is 21.8. The monoisotopic (exact) mass is 413 g/mol. The predicted octanol–water partition coefficient (Wildman–Crippen LogP) is 4.41. The Morgan fingerprint density at radius 1 is 1.28 bits per heavy atom. The molecule has 0 bridgehead atoms. The van der Waals surface area contributed by atoms with Crippen LogP contribution in [0.3, 0.4) is 0 Å². The fraction of sp³-hybridized carbons (Fsp3) is 0.565. The predicted molar refractivity (Wildman–Crippen MR) is 116 cm³/mol. The molecule has 156 valence electrons. The highest BCUT2D eigenvalue weighted by Gasteiger charge is 2.33. The van der Waals surface area contributed by atoms with Crippen molar-refractivity contribution < 1.29 is 9.53 Å². The lowest BCUT2D eigenvalue weighted by Crippen LogP contribution is -2.43. The van der Waals surface area contributed by atoms with Gasteiger partial charge >= 0.3 is 0 Å². The number of methoxy groups -OCH3 is 1. The van der Waals surface area contributed by atoms with E-state index in [-0.39, 0.29) is 17.9 Å². The first kappa shape index (κ1) is 20.4. The van der Waals surface area contributed by atoms with E-state index in [4.69, 9.17) is 4.74 Å². The summed E-state index contributed by atoms with van der Waals surface area (Å²) in [6, 6.07) is 8.26. The number of hydrogen-bond donors (Lipinski definition) is 1. The molecule has 1 aromatic heterocycles. The van der Waals surface area contributed by atoms with E-state index in [0.717, 1.165) is 56.1 Å². The van der Waals surface area contributed by atoms with Crippen molar-refractivity contribution in [2.75, 3.05) is 20.2 Å². The first-order valence-electron chi connectivity index (χ1n) is 10.8. The average Bonchev–Trinajstić information content (AvgIpc) is 3.47. The molecule has 1 aromatic carbocycles. The molecule has 2 fully saturated rings. The number of carbonyl (C=O) groups is 1. The van der Waals surface area contributed by atoms with Crippen LogP contribution in [0.15, 0.2) is 35.8 Å². The molecule has 1 aliphatic carbocycles. The summed E-state index contributed by atoms with van der Waals surface area (Å²) in [5.41, 5.74) is 1.22. The zero-order valence-electron chi connectivity index (χ0n) is 17.2. The maximum absolute atomic E-state index is 12.9. The maximum Gasteiger partial charge on any atom is 0.223 e. The van der Waals surface area contributed by atoms with Crippen molar-refractivity contribution in [2.45, 2.75) is 51.1 Å². The van der Waals surface area contributed by atoms with Crippen molar-refractivity contribution in [2.24, 2.45) is 11.8 Å². The largest absolute Gasteiger partial charge is 0.496 e. The molecule has 2 aromatic rings. The van der Waals surface area contributed by atoms with Crippen LogP contribution in [0.5, 0.6) is 5.75 Å². The summed E-state index contributed by atoms with van der Waals surface area (Å²) in [5.74, 6) is 1.74. The summed E-state index contributed by atoms with van der Waals surface area (Å²) >= 11 is 1.66. The van der Waals surface area contributed by atoms with Crippen LogP contribution in [0.25, 0.3) is 0 Å². The van der Waals surface area contributed by atoms with Crippen LogP contribution < -0.4 is 10.1 Å². The standard InChI is InChI=1S/C23H31N3O2S/c1-28-20-11-5-4-9-18(20)15-26-13-6-10-19(16-26)21(23-24-12-14-29-23)25-22(27)17-7-2-3-8-17/h4-5,9,11-12,14,17,19,21H,2-3,6-8,10,13,15-16H2,1H3,(H,25,27). The van der Waals surface area contributed by atoms with Gasteiger partial charge in [0, 0.05) is 36.1 Å². The molecule has 4 rings (SSSR count). The Morgan fingerprint density at radius 2 is 2.10 bits per heavy atom. The lowest BCUT2D eigenvalue weighted by atomic mass is 9.90. The fourth-order valence-corrected chi connectivity index (χ4v) is 5.59. The summed E-state index contributed by atoms with van der Waals surface area (Å²) in [6.07, 6.45) is 8.52. The summed E-state index contributed by atoms with van der Waals surface area (Å²) in [7, 11) is 1.73. The van der Waals surface area contributed by atoms with Crippen LogP contribution in [0.4, 0.5) is 0 Å². The lowest BCUT2D eigenvalue weighted by Gasteiger charge is -2.37. The Labute approximate surface area is 177 Å². The number of likely N-dealkylation sites (tertiary alicyclic amines) is 1. The number of amides is 1. The minimum atomic E-state index is 0.0172. The molecule has 29 heavy (non-hydrogen) atoms. The minimum absolute atomic E-state index is 0.0172. The van der Waals surface area contributed by atoms with Gasteiger partial charge in [0.25, 0.3) is 0 Å². The van der Waals surface area contributed by atoms with E-state index >= 15 is 0 Å². The number of nitrogens with one attached hydrogen (secondary N) is 1. The van der Waals surface area contributed by atoms with Gasteiger partial charge in [0.05, 0.1) is 13.2 Å². The molecular weight excluding hydrogens is 382 g/mol. The van der Waals surface area contributed by atoms with Gasteiger partial charge in [0.1, 0.15) is 10.8 Å². The van der Waals surface area contributed by atoms with Crippen LogP contribution in [0.1, 0.15) is 55.1 Å². The van der Waals surface area contributed by atoms with Gasteiger partial charge in [-0.05, 0) is 44.2 Å². The number of rotatable bonds is 7. The van der Waals surface area contributed by atoms with Crippen LogP contribution in [0, 0.1) is 11.8 Å². The van der Waals surface area contributed by atoms with Crippen molar-refractivity contribution in [1.82, 2.24) is 15.2 Å². The first-order chi connectivity index (χ1) is 14.2. The van der Waals surface area contributed by atoms with Gasteiger partial charge in [0.15, 0.2) is 0 Å². The van der Waals surface area contributed by atoms with Gasteiger partial charge in [-0.1, -0.05) is 31.0 Å². The molecule has 1 saturated heterocycles. The van der Waals surface area contributed by atoms with Crippen molar-refractivity contribution in [3.63, 3.8) is 0 Å². The lowest BCUT2D eigenvalue weighted by molar-refractivity contribution is -0.126. The maximum atomic E-state index is 12.9. The molecular formula is C23H31N3O2S. The van der Waals surface area contributed by atoms with E-state index in [9.17, 15) is 4.79 Å². The first-order valence-corrected chi connectivity index (χ1v) is 11.7. The number of para-hydroxylation sites is 1. The van der Waals surface area contributed by atoms with Crippen molar-refractivity contribution >= 4 is 17.2 Å². The number of benzene rings is 1. The van der Waals surface area contributed by atoms with E-state index in [2.05, 4.69) is 27.3 Å². The third kappa shape index (κ3) is 4.98. The highest BCUT2D eigenvalue weighted by molar-refractivity contribution is 7.09. The molecule has 1 saturated carbocycles. The van der Waals surface area contributed by atoms with Crippen molar-refractivity contribution in [3.05, 3.63) is 46.4 Å². The molecule has 5 nitrogen and oxygen atoms in total. The van der Waals surface area contributed by atoms with Gasteiger partial charge in [-0.2, -0.15) is 0 Å². The van der Waals surface area contributed by atoms with E-state index in [1.165, 1.54) is 18.4 Å². The van der Waals surface area contributed by atoms with Crippen LogP contribution >= 0.6 is 11.3 Å². The molecule has 2 atom stereocenters. The quantitative estimate of drug-likeness (QED) is 0.730. The highest BCUT2D eigenvalue weighted by atomic mass is 32.1.